The standard InChI is InChI=1S/C10H24N2O3S/c1-4-10(9-15-3)11-7-6-8-12-16(13,14)5-2/h10-12H,4-9H2,1-3H3. The van der Waals surface area contributed by atoms with Crippen molar-refractivity contribution in [2.75, 3.05) is 32.6 Å². The number of nitrogens with one attached hydrogen (secondary N) is 2. The number of hydrogen-bond donors (Lipinski definition) is 2. The first kappa shape index (κ1) is 15.8. The van der Waals surface area contributed by atoms with E-state index >= 15 is 0 Å². The summed E-state index contributed by atoms with van der Waals surface area (Å²) in [6.45, 7) is 5.71. The second-order valence-corrected chi connectivity index (χ2v) is 5.76. The van der Waals surface area contributed by atoms with Gasteiger partial charge in [0.05, 0.1) is 12.4 Å². The summed E-state index contributed by atoms with van der Waals surface area (Å²) in [6.07, 6.45) is 1.80. The van der Waals surface area contributed by atoms with E-state index in [-0.39, 0.29) is 5.75 Å². The zero-order valence-corrected chi connectivity index (χ0v) is 11.3. The minimum Gasteiger partial charge on any atom is -0.383 e. The van der Waals surface area contributed by atoms with Gasteiger partial charge in [-0.1, -0.05) is 6.92 Å². The van der Waals surface area contributed by atoms with Crippen LogP contribution in [0.2, 0.25) is 0 Å². The molecular weight excluding hydrogens is 228 g/mol. The SMILES string of the molecule is CCC(COC)NCCCNS(=O)(=O)CC. The van der Waals surface area contributed by atoms with Crippen LogP contribution in [-0.4, -0.2) is 47.0 Å². The first-order chi connectivity index (χ1) is 7.55. The van der Waals surface area contributed by atoms with Crippen LogP contribution in [-0.2, 0) is 14.8 Å². The van der Waals surface area contributed by atoms with E-state index in [4.69, 9.17) is 4.74 Å². The van der Waals surface area contributed by atoms with Gasteiger partial charge in [-0.3, -0.25) is 0 Å². The molecule has 5 nitrogen and oxygen atoms in total. The van der Waals surface area contributed by atoms with Crippen LogP contribution in [0.1, 0.15) is 26.7 Å². The molecule has 0 aromatic rings. The van der Waals surface area contributed by atoms with E-state index in [0.29, 0.717) is 19.2 Å². The van der Waals surface area contributed by atoms with Gasteiger partial charge < -0.3 is 10.1 Å². The van der Waals surface area contributed by atoms with E-state index in [1.54, 1.807) is 14.0 Å². The Morgan fingerprint density at radius 1 is 1.25 bits per heavy atom. The van der Waals surface area contributed by atoms with Gasteiger partial charge in [-0.2, -0.15) is 0 Å². The third kappa shape index (κ3) is 8.04. The molecular formula is C10H24N2O3S. The molecule has 6 heteroatoms. The molecule has 0 rings (SSSR count). The molecule has 1 unspecified atom stereocenters. The van der Waals surface area contributed by atoms with E-state index < -0.39 is 10.0 Å². The van der Waals surface area contributed by atoms with Crippen molar-refractivity contribution in [2.45, 2.75) is 32.7 Å². The van der Waals surface area contributed by atoms with Crippen molar-refractivity contribution in [3.63, 3.8) is 0 Å². The first-order valence-electron chi connectivity index (χ1n) is 5.75. The Bertz CT molecular complexity index is 255. The molecule has 0 saturated carbocycles. The number of hydrogen-bond acceptors (Lipinski definition) is 4. The van der Waals surface area contributed by atoms with Gasteiger partial charge in [0.1, 0.15) is 0 Å². The lowest BCUT2D eigenvalue weighted by Crippen LogP contribution is -2.35. The fraction of sp³-hybridized carbons (Fsp3) is 1.00. The molecule has 0 fully saturated rings. The van der Waals surface area contributed by atoms with Gasteiger partial charge in [-0.15, -0.1) is 0 Å². The zero-order valence-electron chi connectivity index (χ0n) is 10.5. The molecule has 0 heterocycles. The largest absolute Gasteiger partial charge is 0.383 e. The quantitative estimate of drug-likeness (QED) is 0.550. The van der Waals surface area contributed by atoms with Crippen LogP contribution < -0.4 is 10.0 Å². The second kappa shape index (κ2) is 8.92. The van der Waals surface area contributed by atoms with Crippen molar-refractivity contribution < 1.29 is 13.2 Å². The smallest absolute Gasteiger partial charge is 0.211 e. The summed E-state index contributed by atoms with van der Waals surface area (Å²) < 4.78 is 29.8. The summed E-state index contributed by atoms with van der Waals surface area (Å²) in [4.78, 5) is 0. The number of ether oxygens (including phenoxy) is 1. The Kier molecular flexibility index (Phi) is 8.83. The third-order valence-electron chi connectivity index (χ3n) is 2.35. The van der Waals surface area contributed by atoms with Crippen LogP contribution in [0.5, 0.6) is 0 Å². The van der Waals surface area contributed by atoms with Gasteiger partial charge in [0, 0.05) is 19.7 Å². The van der Waals surface area contributed by atoms with Gasteiger partial charge in [-0.25, -0.2) is 13.1 Å². The minimum atomic E-state index is -3.04. The molecule has 0 aliphatic heterocycles. The maximum Gasteiger partial charge on any atom is 0.211 e. The molecule has 1 atom stereocenters. The van der Waals surface area contributed by atoms with Crippen molar-refractivity contribution in [1.29, 1.82) is 0 Å². The lowest BCUT2D eigenvalue weighted by atomic mass is 10.2. The van der Waals surface area contributed by atoms with Gasteiger partial charge in [0.25, 0.3) is 0 Å². The van der Waals surface area contributed by atoms with Crippen LogP contribution in [0.25, 0.3) is 0 Å². The molecule has 2 N–H and O–H groups in total. The van der Waals surface area contributed by atoms with Crippen molar-refractivity contribution in [1.82, 2.24) is 10.0 Å². The van der Waals surface area contributed by atoms with Gasteiger partial charge in [0.2, 0.25) is 10.0 Å². The summed E-state index contributed by atoms with van der Waals surface area (Å²) in [6, 6.07) is 0.354. The average Bonchev–Trinajstić information content (AvgIpc) is 2.27. The fourth-order valence-electron chi connectivity index (χ4n) is 1.25. The predicted molar refractivity (Wildman–Crippen MR) is 66.0 cm³/mol. The Morgan fingerprint density at radius 3 is 2.44 bits per heavy atom. The topological polar surface area (TPSA) is 67.4 Å². The maximum absolute atomic E-state index is 11.1. The lowest BCUT2D eigenvalue weighted by Gasteiger charge is -2.15. The Morgan fingerprint density at radius 2 is 1.94 bits per heavy atom. The van der Waals surface area contributed by atoms with Gasteiger partial charge >= 0.3 is 0 Å². The molecule has 0 radical (unpaired) electrons. The summed E-state index contributed by atoms with van der Waals surface area (Å²) in [5.74, 6) is 0.141. The highest BCUT2D eigenvalue weighted by molar-refractivity contribution is 7.89. The maximum atomic E-state index is 11.1. The number of rotatable bonds is 10. The molecule has 0 spiro atoms. The van der Waals surface area contributed by atoms with E-state index in [2.05, 4.69) is 17.0 Å². The number of sulfonamides is 1. The molecule has 0 amide bonds. The van der Waals surface area contributed by atoms with Crippen molar-refractivity contribution in [2.24, 2.45) is 0 Å². The van der Waals surface area contributed by atoms with Gasteiger partial charge in [0.15, 0.2) is 0 Å². The van der Waals surface area contributed by atoms with Crippen LogP contribution in [0.4, 0.5) is 0 Å². The molecule has 0 bridgehead atoms. The normalized spacial score (nSPS) is 13.9. The molecule has 98 valence electrons. The van der Waals surface area contributed by atoms with E-state index in [0.717, 1.165) is 19.4 Å². The molecule has 0 aliphatic rings. The molecule has 0 aliphatic carbocycles. The average molecular weight is 252 g/mol. The Balaban J connectivity index is 3.52. The highest BCUT2D eigenvalue weighted by Crippen LogP contribution is 1.91. The van der Waals surface area contributed by atoms with Crippen molar-refractivity contribution in [3.8, 4) is 0 Å². The van der Waals surface area contributed by atoms with Crippen LogP contribution in [0.3, 0.4) is 0 Å². The second-order valence-electron chi connectivity index (χ2n) is 3.67. The molecule has 0 saturated heterocycles. The van der Waals surface area contributed by atoms with Crippen LogP contribution >= 0.6 is 0 Å². The summed E-state index contributed by atoms with van der Waals surface area (Å²) in [7, 11) is -1.36. The van der Waals surface area contributed by atoms with Gasteiger partial charge in [-0.05, 0) is 26.3 Å². The molecule has 16 heavy (non-hydrogen) atoms. The Hall–Kier alpha value is -0.170. The van der Waals surface area contributed by atoms with Crippen molar-refractivity contribution >= 4 is 10.0 Å². The third-order valence-corrected chi connectivity index (χ3v) is 3.75. The Labute approximate surface area is 99.0 Å². The highest BCUT2D eigenvalue weighted by Gasteiger charge is 2.06. The number of methoxy groups -OCH3 is 1. The highest BCUT2D eigenvalue weighted by atomic mass is 32.2. The van der Waals surface area contributed by atoms with E-state index in [9.17, 15) is 8.42 Å². The minimum absolute atomic E-state index is 0.141. The van der Waals surface area contributed by atoms with E-state index in [1.165, 1.54) is 0 Å². The summed E-state index contributed by atoms with van der Waals surface area (Å²) >= 11 is 0. The van der Waals surface area contributed by atoms with Crippen LogP contribution in [0, 0.1) is 0 Å². The van der Waals surface area contributed by atoms with Crippen molar-refractivity contribution in [3.05, 3.63) is 0 Å². The van der Waals surface area contributed by atoms with E-state index in [1.807, 2.05) is 0 Å². The monoisotopic (exact) mass is 252 g/mol. The lowest BCUT2D eigenvalue weighted by molar-refractivity contribution is 0.164. The summed E-state index contributed by atoms with van der Waals surface area (Å²) in [5.41, 5.74) is 0. The fourth-order valence-corrected chi connectivity index (χ4v) is 1.91. The zero-order chi connectivity index (χ0) is 12.4. The molecule has 0 aromatic carbocycles. The predicted octanol–water partition coefficient (Wildman–Crippen LogP) is 0.330. The molecule has 0 aromatic heterocycles. The first-order valence-corrected chi connectivity index (χ1v) is 7.40. The summed E-state index contributed by atoms with van der Waals surface area (Å²) in [5, 5.41) is 3.31. The van der Waals surface area contributed by atoms with Crippen LogP contribution in [0.15, 0.2) is 0 Å².